The van der Waals surface area contributed by atoms with Crippen molar-refractivity contribution >= 4 is 11.9 Å². The highest BCUT2D eigenvalue weighted by atomic mass is 16.4. The molecule has 1 heterocycles. The summed E-state index contributed by atoms with van der Waals surface area (Å²) in [4.78, 5) is 24.7. The summed E-state index contributed by atoms with van der Waals surface area (Å²) >= 11 is 0. The predicted molar refractivity (Wildman–Crippen MR) is 69.4 cm³/mol. The summed E-state index contributed by atoms with van der Waals surface area (Å²) in [7, 11) is 1.59. The van der Waals surface area contributed by atoms with E-state index in [1.165, 1.54) is 11.3 Å². The predicted octanol–water partition coefficient (Wildman–Crippen LogP) is 1.23. The molecule has 2 N–H and O–H groups in total. The van der Waals surface area contributed by atoms with Gasteiger partial charge in [-0.2, -0.15) is 0 Å². The maximum atomic E-state index is 12.3. The van der Waals surface area contributed by atoms with E-state index in [1.807, 2.05) is 0 Å². The number of carboxylic acid groups (broad SMARTS) is 1. The van der Waals surface area contributed by atoms with E-state index in [0.717, 1.165) is 32.2 Å². The summed E-state index contributed by atoms with van der Waals surface area (Å²) < 4.78 is 0. The molecule has 1 aliphatic rings. The number of likely N-dealkylation sites (N-methyl/N-ethyl adjacent to an activating group) is 1. The molecule has 0 aromatic heterocycles. The van der Waals surface area contributed by atoms with Gasteiger partial charge in [-0.15, -0.1) is 0 Å². The number of hydrogen-bond acceptors (Lipinski definition) is 3. The molecule has 2 unspecified atom stereocenters. The van der Waals surface area contributed by atoms with Crippen LogP contribution in [-0.2, 0) is 9.59 Å². The molecule has 1 aliphatic heterocycles. The fourth-order valence-electron chi connectivity index (χ4n) is 2.43. The third-order valence-corrected chi connectivity index (χ3v) is 3.60. The van der Waals surface area contributed by atoms with Gasteiger partial charge < -0.3 is 15.3 Å². The van der Waals surface area contributed by atoms with Crippen molar-refractivity contribution in [3.63, 3.8) is 0 Å². The van der Waals surface area contributed by atoms with Crippen LogP contribution in [0.25, 0.3) is 0 Å². The Hall–Kier alpha value is -1.10. The first kappa shape index (κ1) is 15.0. The Balaban J connectivity index is 2.62. The quantitative estimate of drug-likeness (QED) is 0.793. The highest BCUT2D eigenvalue weighted by molar-refractivity contribution is 5.86. The van der Waals surface area contributed by atoms with E-state index in [2.05, 4.69) is 5.32 Å². The third-order valence-electron chi connectivity index (χ3n) is 3.60. The molecule has 1 rings (SSSR count). The van der Waals surface area contributed by atoms with Crippen molar-refractivity contribution in [3.05, 3.63) is 0 Å². The van der Waals surface area contributed by atoms with Crippen LogP contribution in [0, 0.1) is 0 Å². The number of nitrogens with one attached hydrogen (secondary N) is 1. The van der Waals surface area contributed by atoms with Gasteiger partial charge in [-0.1, -0.05) is 26.2 Å². The first-order valence-electron chi connectivity index (χ1n) is 6.80. The van der Waals surface area contributed by atoms with Gasteiger partial charge in [0.2, 0.25) is 5.91 Å². The van der Waals surface area contributed by atoms with E-state index >= 15 is 0 Å². The molecule has 1 saturated heterocycles. The minimum Gasteiger partial charge on any atom is -0.480 e. The van der Waals surface area contributed by atoms with Crippen molar-refractivity contribution in [1.29, 1.82) is 0 Å². The van der Waals surface area contributed by atoms with Gasteiger partial charge in [-0.25, -0.2) is 4.79 Å². The van der Waals surface area contributed by atoms with Gasteiger partial charge in [0.1, 0.15) is 6.04 Å². The summed E-state index contributed by atoms with van der Waals surface area (Å²) in [6.45, 7) is 2.63. The summed E-state index contributed by atoms with van der Waals surface area (Å²) in [6.07, 6.45) is 5.72. The highest BCUT2D eigenvalue weighted by Gasteiger charge is 2.29. The number of amides is 1. The summed E-state index contributed by atoms with van der Waals surface area (Å²) in [5.41, 5.74) is 0. The molecule has 0 aliphatic carbocycles. The maximum Gasteiger partial charge on any atom is 0.326 e. The molecule has 0 radical (unpaired) electrons. The lowest BCUT2D eigenvalue weighted by Crippen LogP contribution is -2.51. The van der Waals surface area contributed by atoms with E-state index in [9.17, 15) is 9.59 Å². The lowest BCUT2D eigenvalue weighted by Gasteiger charge is -2.29. The first-order valence-corrected chi connectivity index (χ1v) is 6.80. The molecule has 18 heavy (non-hydrogen) atoms. The molecule has 1 amide bonds. The lowest BCUT2D eigenvalue weighted by atomic mass is 10.0. The third kappa shape index (κ3) is 3.98. The fraction of sp³-hybridized carbons (Fsp3) is 0.846. The van der Waals surface area contributed by atoms with Gasteiger partial charge in [0.05, 0.1) is 6.04 Å². The maximum absolute atomic E-state index is 12.3. The van der Waals surface area contributed by atoms with Crippen LogP contribution in [0.5, 0.6) is 0 Å². The average Bonchev–Trinajstić information content (AvgIpc) is 2.28. The highest BCUT2D eigenvalue weighted by Crippen LogP contribution is 2.13. The second-order valence-electron chi connectivity index (χ2n) is 4.92. The zero-order chi connectivity index (χ0) is 13.5. The zero-order valence-corrected chi connectivity index (χ0v) is 11.3. The van der Waals surface area contributed by atoms with Gasteiger partial charge in [-0.05, 0) is 25.8 Å². The standard InChI is InChI=1S/C13H24N2O3/c1-3-11(13(17)18)15(2)12(16)10-8-6-4-5-7-9-14-10/h10-11,14H,3-9H2,1-2H3,(H,17,18). The average molecular weight is 256 g/mol. The van der Waals surface area contributed by atoms with E-state index in [-0.39, 0.29) is 11.9 Å². The Morgan fingerprint density at radius 2 is 2.00 bits per heavy atom. The second-order valence-corrected chi connectivity index (χ2v) is 4.92. The molecular weight excluding hydrogens is 232 g/mol. The van der Waals surface area contributed by atoms with Crippen LogP contribution in [0.1, 0.15) is 45.4 Å². The molecule has 1 fully saturated rings. The van der Waals surface area contributed by atoms with E-state index < -0.39 is 12.0 Å². The fourth-order valence-corrected chi connectivity index (χ4v) is 2.43. The van der Waals surface area contributed by atoms with E-state index in [0.29, 0.717) is 6.42 Å². The minimum atomic E-state index is -0.931. The van der Waals surface area contributed by atoms with Crippen LogP contribution < -0.4 is 5.32 Å². The van der Waals surface area contributed by atoms with Crippen molar-refractivity contribution in [3.8, 4) is 0 Å². The Labute approximate surface area is 109 Å². The van der Waals surface area contributed by atoms with Gasteiger partial charge in [0, 0.05) is 7.05 Å². The molecule has 104 valence electrons. The van der Waals surface area contributed by atoms with Crippen LogP contribution in [0.4, 0.5) is 0 Å². The molecule has 2 atom stereocenters. The number of carboxylic acids is 1. The molecular formula is C13H24N2O3. The molecule has 0 spiro atoms. The van der Waals surface area contributed by atoms with Gasteiger partial charge >= 0.3 is 5.97 Å². The van der Waals surface area contributed by atoms with Crippen molar-refractivity contribution in [2.45, 2.75) is 57.5 Å². The summed E-state index contributed by atoms with van der Waals surface area (Å²) in [5, 5.41) is 12.3. The number of carbonyl (C=O) groups is 2. The number of aliphatic carboxylic acids is 1. The normalized spacial score (nSPS) is 22.7. The minimum absolute atomic E-state index is 0.0915. The molecule has 5 nitrogen and oxygen atoms in total. The lowest BCUT2D eigenvalue weighted by molar-refractivity contribution is -0.150. The van der Waals surface area contributed by atoms with Gasteiger partial charge in [0.25, 0.3) is 0 Å². The molecule has 0 saturated carbocycles. The summed E-state index contributed by atoms with van der Waals surface area (Å²) in [6, 6.07) is -0.937. The topological polar surface area (TPSA) is 69.6 Å². The van der Waals surface area contributed by atoms with E-state index in [1.54, 1.807) is 14.0 Å². The molecule has 5 heteroatoms. The van der Waals surface area contributed by atoms with Crippen LogP contribution >= 0.6 is 0 Å². The first-order chi connectivity index (χ1) is 8.57. The molecule has 0 aromatic rings. The number of carbonyl (C=O) groups excluding carboxylic acids is 1. The Morgan fingerprint density at radius 1 is 1.33 bits per heavy atom. The van der Waals surface area contributed by atoms with Crippen LogP contribution in [0.2, 0.25) is 0 Å². The number of nitrogens with zero attached hydrogens (tertiary/aromatic N) is 1. The Kier molecular flexibility index (Phi) is 6.12. The van der Waals surface area contributed by atoms with Gasteiger partial charge in [-0.3, -0.25) is 4.79 Å². The largest absolute Gasteiger partial charge is 0.480 e. The van der Waals surface area contributed by atoms with E-state index in [4.69, 9.17) is 5.11 Å². The number of hydrogen-bond donors (Lipinski definition) is 2. The van der Waals surface area contributed by atoms with Crippen molar-refractivity contribution < 1.29 is 14.7 Å². The molecule has 0 bridgehead atoms. The van der Waals surface area contributed by atoms with Gasteiger partial charge in [0.15, 0.2) is 0 Å². The monoisotopic (exact) mass is 256 g/mol. The SMILES string of the molecule is CCC(C(=O)O)N(C)C(=O)C1CCCCCCN1. The second kappa shape index (κ2) is 7.36. The van der Waals surface area contributed by atoms with Crippen molar-refractivity contribution in [2.24, 2.45) is 0 Å². The van der Waals surface area contributed by atoms with Crippen molar-refractivity contribution in [2.75, 3.05) is 13.6 Å². The van der Waals surface area contributed by atoms with Crippen LogP contribution in [0.3, 0.4) is 0 Å². The van der Waals surface area contributed by atoms with Crippen LogP contribution in [0.15, 0.2) is 0 Å². The summed E-state index contributed by atoms with van der Waals surface area (Å²) in [5.74, 6) is -1.02. The zero-order valence-electron chi connectivity index (χ0n) is 11.3. The Bertz CT molecular complexity index is 286. The molecule has 0 aromatic carbocycles. The van der Waals surface area contributed by atoms with Crippen molar-refractivity contribution in [1.82, 2.24) is 10.2 Å². The number of rotatable bonds is 4. The smallest absolute Gasteiger partial charge is 0.326 e. The van der Waals surface area contributed by atoms with Crippen LogP contribution in [-0.4, -0.2) is 47.6 Å². The Morgan fingerprint density at radius 3 is 2.61 bits per heavy atom.